The second-order valence-electron chi connectivity index (χ2n) is 5.10. The molecule has 1 aliphatic rings. The van der Waals surface area contributed by atoms with Crippen molar-refractivity contribution in [3.63, 3.8) is 0 Å². The molecule has 3 aromatic rings. The minimum absolute atomic E-state index is 0.382. The highest BCUT2D eigenvalue weighted by atomic mass is 35.5. The molecule has 1 fully saturated rings. The van der Waals surface area contributed by atoms with Gasteiger partial charge in [0.2, 0.25) is 0 Å². The lowest BCUT2D eigenvalue weighted by atomic mass is 9.96. The predicted molar refractivity (Wildman–Crippen MR) is 88.2 cm³/mol. The van der Waals surface area contributed by atoms with Crippen LogP contribution in [0.4, 0.5) is 0 Å². The van der Waals surface area contributed by atoms with Gasteiger partial charge in [-0.1, -0.05) is 17.7 Å². The summed E-state index contributed by atoms with van der Waals surface area (Å²) < 4.78 is 5.77. The van der Waals surface area contributed by atoms with Gasteiger partial charge in [-0.25, -0.2) is 9.97 Å². The summed E-state index contributed by atoms with van der Waals surface area (Å²) in [5, 5.41) is 5.65. The molecule has 3 heterocycles. The first kappa shape index (κ1) is 13.6. The van der Waals surface area contributed by atoms with Crippen molar-refractivity contribution in [1.82, 2.24) is 9.97 Å². The average molecular weight is 337 g/mol. The number of halogens is 1. The summed E-state index contributed by atoms with van der Waals surface area (Å²) in [6, 6.07) is 4.13. The van der Waals surface area contributed by atoms with Gasteiger partial charge in [0.25, 0.3) is 0 Å². The van der Waals surface area contributed by atoms with E-state index in [2.05, 4.69) is 26.8 Å². The number of aromatic nitrogens is 2. The minimum atomic E-state index is 0.382. The summed E-state index contributed by atoms with van der Waals surface area (Å²) in [6.45, 7) is 0.451. The number of fused-ring (bicyclic) bond motifs is 1. The normalized spacial score (nSPS) is 15.5. The van der Waals surface area contributed by atoms with Crippen LogP contribution in [-0.4, -0.2) is 16.1 Å². The third-order valence-corrected chi connectivity index (χ3v) is 5.77. The molecule has 1 aliphatic carbocycles. The SMILES string of the molecule is Clc1nc(COC2CCC2)nc2scc(-c3cccs3)c12. The molecule has 0 aromatic carbocycles. The molecule has 0 bridgehead atoms. The van der Waals surface area contributed by atoms with Crippen molar-refractivity contribution in [2.24, 2.45) is 0 Å². The third-order valence-electron chi connectivity index (χ3n) is 3.72. The fraction of sp³-hybridized carbons (Fsp3) is 0.333. The smallest absolute Gasteiger partial charge is 0.157 e. The highest BCUT2D eigenvalue weighted by molar-refractivity contribution is 7.18. The zero-order valence-electron chi connectivity index (χ0n) is 11.2. The molecule has 0 N–H and O–H groups in total. The standard InChI is InChI=1S/C15H13ClN2OS2/c16-14-13-10(11-5-2-6-20-11)8-21-15(13)18-12(17-14)7-19-9-3-1-4-9/h2,5-6,8-9H,1,3-4,7H2. The highest BCUT2D eigenvalue weighted by Gasteiger charge is 2.19. The number of rotatable bonds is 4. The summed E-state index contributed by atoms with van der Waals surface area (Å²) in [6.07, 6.45) is 3.95. The zero-order valence-corrected chi connectivity index (χ0v) is 13.6. The lowest BCUT2D eigenvalue weighted by molar-refractivity contribution is -0.0115. The predicted octanol–water partition coefficient (Wildman–Crippen LogP) is 5.14. The van der Waals surface area contributed by atoms with Crippen LogP contribution in [0.25, 0.3) is 20.7 Å². The second-order valence-corrected chi connectivity index (χ2v) is 7.27. The lowest BCUT2D eigenvalue weighted by Crippen LogP contribution is -2.21. The first-order valence-corrected chi connectivity index (χ1v) is 9.04. The Kier molecular flexibility index (Phi) is 3.67. The van der Waals surface area contributed by atoms with Gasteiger partial charge in [0.05, 0.1) is 11.5 Å². The van der Waals surface area contributed by atoms with Crippen molar-refractivity contribution >= 4 is 44.5 Å². The summed E-state index contributed by atoms with van der Waals surface area (Å²) in [4.78, 5) is 11.1. The topological polar surface area (TPSA) is 35.0 Å². The van der Waals surface area contributed by atoms with Gasteiger partial charge in [0, 0.05) is 15.8 Å². The Morgan fingerprint density at radius 2 is 2.19 bits per heavy atom. The average Bonchev–Trinajstić information content (AvgIpc) is 3.04. The zero-order chi connectivity index (χ0) is 14.2. The van der Waals surface area contributed by atoms with Gasteiger partial charge >= 0.3 is 0 Å². The quantitative estimate of drug-likeness (QED) is 0.618. The molecule has 0 atom stereocenters. The van der Waals surface area contributed by atoms with Crippen LogP contribution >= 0.6 is 34.3 Å². The van der Waals surface area contributed by atoms with E-state index in [9.17, 15) is 0 Å². The Labute approximate surface area is 135 Å². The molecule has 0 radical (unpaired) electrons. The van der Waals surface area contributed by atoms with Crippen LogP contribution in [0.15, 0.2) is 22.9 Å². The Hall–Kier alpha value is -1.01. The molecule has 3 aromatic heterocycles. The van der Waals surface area contributed by atoms with E-state index in [1.807, 2.05) is 6.07 Å². The number of ether oxygens (including phenoxy) is 1. The van der Waals surface area contributed by atoms with Crippen molar-refractivity contribution in [2.75, 3.05) is 0 Å². The Balaban J connectivity index is 1.67. The maximum atomic E-state index is 6.39. The van der Waals surface area contributed by atoms with E-state index in [0.717, 1.165) is 28.6 Å². The molecule has 1 saturated carbocycles. The maximum absolute atomic E-state index is 6.39. The molecule has 0 amide bonds. The molecular formula is C15H13ClN2OS2. The van der Waals surface area contributed by atoms with Crippen LogP contribution < -0.4 is 0 Å². The van der Waals surface area contributed by atoms with Crippen LogP contribution in [0.3, 0.4) is 0 Å². The fourth-order valence-electron chi connectivity index (χ4n) is 2.35. The van der Waals surface area contributed by atoms with Crippen LogP contribution in [0.1, 0.15) is 25.1 Å². The van der Waals surface area contributed by atoms with Crippen LogP contribution in [0.5, 0.6) is 0 Å². The molecule has 3 nitrogen and oxygen atoms in total. The molecule has 0 saturated heterocycles. The van der Waals surface area contributed by atoms with Gasteiger partial charge in [-0.2, -0.15) is 0 Å². The third kappa shape index (κ3) is 2.59. The molecule has 108 valence electrons. The van der Waals surface area contributed by atoms with Gasteiger partial charge in [0.1, 0.15) is 16.6 Å². The Morgan fingerprint density at radius 1 is 1.29 bits per heavy atom. The number of hydrogen-bond acceptors (Lipinski definition) is 5. The van der Waals surface area contributed by atoms with Gasteiger partial charge in [0.15, 0.2) is 5.82 Å². The monoisotopic (exact) mass is 336 g/mol. The molecule has 0 aliphatic heterocycles. The van der Waals surface area contributed by atoms with Crippen molar-refractivity contribution < 1.29 is 4.74 Å². The van der Waals surface area contributed by atoms with E-state index in [1.54, 1.807) is 22.7 Å². The molecule has 21 heavy (non-hydrogen) atoms. The van der Waals surface area contributed by atoms with E-state index >= 15 is 0 Å². The number of thiophene rings is 2. The van der Waals surface area contributed by atoms with Gasteiger partial charge in [-0.15, -0.1) is 22.7 Å². The van der Waals surface area contributed by atoms with Gasteiger partial charge < -0.3 is 4.74 Å². The largest absolute Gasteiger partial charge is 0.370 e. The number of hydrogen-bond donors (Lipinski definition) is 0. The Bertz CT molecular complexity index is 765. The molecule has 0 spiro atoms. The Morgan fingerprint density at radius 3 is 2.90 bits per heavy atom. The fourth-order valence-corrected chi connectivity index (χ4v) is 4.47. The van der Waals surface area contributed by atoms with Crippen LogP contribution in [-0.2, 0) is 11.3 Å². The van der Waals surface area contributed by atoms with E-state index in [4.69, 9.17) is 16.3 Å². The van der Waals surface area contributed by atoms with Crippen molar-refractivity contribution in [3.05, 3.63) is 33.9 Å². The maximum Gasteiger partial charge on any atom is 0.157 e. The minimum Gasteiger partial charge on any atom is -0.370 e. The first-order chi connectivity index (χ1) is 10.3. The van der Waals surface area contributed by atoms with Crippen LogP contribution in [0.2, 0.25) is 5.15 Å². The molecular weight excluding hydrogens is 324 g/mol. The summed E-state index contributed by atoms with van der Waals surface area (Å²) in [7, 11) is 0. The van der Waals surface area contributed by atoms with Crippen molar-refractivity contribution in [3.8, 4) is 10.4 Å². The van der Waals surface area contributed by atoms with Crippen LogP contribution in [0, 0.1) is 0 Å². The summed E-state index contributed by atoms with van der Waals surface area (Å²) in [5.74, 6) is 0.680. The molecule has 4 rings (SSSR count). The van der Waals surface area contributed by atoms with E-state index in [-0.39, 0.29) is 0 Å². The van der Waals surface area contributed by atoms with Crippen molar-refractivity contribution in [1.29, 1.82) is 0 Å². The van der Waals surface area contributed by atoms with Gasteiger partial charge in [-0.05, 0) is 30.7 Å². The summed E-state index contributed by atoms with van der Waals surface area (Å²) in [5.41, 5.74) is 1.13. The first-order valence-electron chi connectivity index (χ1n) is 6.90. The van der Waals surface area contributed by atoms with E-state index in [0.29, 0.717) is 23.7 Å². The second kappa shape index (κ2) is 5.65. The molecule has 6 heteroatoms. The van der Waals surface area contributed by atoms with E-state index < -0.39 is 0 Å². The highest BCUT2D eigenvalue weighted by Crippen LogP contribution is 2.38. The van der Waals surface area contributed by atoms with Gasteiger partial charge in [-0.3, -0.25) is 0 Å². The van der Waals surface area contributed by atoms with Crippen molar-refractivity contribution in [2.45, 2.75) is 32.0 Å². The molecule has 0 unspecified atom stereocenters. The summed E-state index contributed by atoms with van der Waals surface area (Å²) >= 11 is 9.70. The van der Waals surface area contributed by atoms with E-state index in [1.165, 1.54) is 11.3 Å². The number of nitrogens with zero attached hydrogens (tertiary/aromatic N) is 2. The lowest BCUT2D eigenvalue weighted by Gasteiger charge is -2.25.